The van der Waals surface area contributed by atoms with Crippen molar-refractivity contribution in [1.82, 2.24) is 4.98 Å². The van der Waals surface area contributed by atoms with Gasteiger partial charge in [0, 0.05) is 17.5 Å². The highest BCUT2D eigenvalue weighted by Gasteiger charge is 2.29. The van der Waals surface area contributed by atoms with Gasteiger partial charge in [0.15, 0.2) is 11.5 Å². The van der Waals surface area contributed by atoms with Crippen LogP contribution in [0.3, 0.4) is 0 Å². The van der Waals surface area contributed by atoms with Crippen molar-refractivity contribution < 1.29 is 4.42 Å². The first-order valence-corrected chi connectivity index (χ1v) is 6.39. The van der Waals surface area contributed by atoms with Gasteiger partial charge in [-0.25, -0.2) is 4.98 Å². The maximum atomic E-state index is 6.04. The van der Waals surface area contributed by atoms with E-state index in [-0.39, 0.29) is 6.04 Å². The third kappa shape index (κ3) is 2.28. The number of halogens is 2. The van der Waals surface area contributed by atoms with E-state index in [9.17, 15) is 0 Å². The van der Waals surface area contributed by atoms with Gasteiger partial charge < -0.3 is 10.2 Å². The summed E-state index contributed by atoms with van der Waals surface area (Å²) in [5.41, 5.74) is 7.33. The van der Waals surface area contributed by atoms with Crippen LogP contribution in [0.15, 0.2) is 16.5 Å². The average Bonchev–Trinajstić information content (AvgIpc) is 3.01. The Balaban J connectivity index is 1.92. The zero-order chi connectivity index (χ0) is 12.0. The Morgan fingerprint density at radius 1 is 1.41 bits per heavy atom. The van der Waals surface area contributed by atoms with Crippen molar-refractivity contribution in [2.45, 2.75) is 25.3 Å². The number of fused-ring (bicyclic) bond motifs is 1. The molecule has 0 spiro atoms. The highest BCUT2D eigenvalue weighted by Crippen LogP contribution is 2.34. The second-order valence-electron chi connectivity index (χ2n) is 4.55. The molecule has 90 valence electrons. The maximum Gasteiger partial charge on any atom is 0.197 e. The van der Waals surface area contributed by atoms with E-state index < -0.39 is 0 Å². The van der Waals surface area contributed by atoms with Crippen molar-refractivity contribution in [2.24, 2.45) is 11.7 Å². The van der Waals surface area contributed by atoms with Crippen LogP contribution < -0.4 is 5.73 Å². The Morgan fingerprint density at radius 2 is 2.18 bits per heavy atom. The van der Waals surface area contributed by atoms with Crippen molar-refractivity contribution in [1.29, 1.82) is 0 Å². The number of nitrogens with two attached hydrogens (primary N) is 1. The van der Waals surface area contributed by atoms with E-state index in [4.69, 9.17) is 33.4 Å². The molecule has 1 unspecified atom stereocenters. The van der Waals surface area contributed by atoms with E-state index in [1.165, 1.54) is 12.8 Å². The van der Waals surface area contributed by atoms with Crippen molar-refractivity contribution >= 4 is 34.3 Å². The molecular weight excluding hydrogens is 259 g/mol. The molecule has 3 nitrogen and oxygen atoms in total. The Labute approximate surface area is 109 Å². The molecule has 1 fully saturated rings. The van der Waals surface area contributed by atoms with E-state index in [1.54, 1.807) is 12.1 Å². The quantitative estimate of drug-likeness (QED) is 0.930. The lowest BCUT2D eigenvalue weighted by Crippen LogP contribution is -2.25. The average molecular weight is 271 g/mol. The van der Waals surface area contributed by atoms with Crippen LogP contribution in [0.4, 0.5) is 0 Å². The largest absolute Gasteiger partial charge is 0.439 e. The summed E-state index contributed by atoms with van der Waals surface area (Å²) in [6.45, 7) is 0. The molecule has 2 N–H and O–H groups in total. The Bertz CT molecular complexity index is 563. The Kier molecular flexibility index (Phi) is 2.77. The van der Waals surface area contributed by atoms with Crippen molar-refractivity contribution in [3.05, 3.63) is 28.1 Å². The van der Waals surface area contributed by atoms with Gasteiger partial charge in [0.1, 0.15) is 5.52 Å². The Hall–Kier alpha value is -0.770. The van der Waals surface area contributed by atoms with Gasteiger partial charge >= 0.3 is 0 Å². The molecule has 1 aromatic heterocycles. The number of nitrogens with zero attached hydrogens (tertiary/aromatic N) is 1. The lowest BCUT2D eigenvalue weighted by Gasteiger charge is -2.05. The van der Waals surface area contributed by atoms with Crippen molar-refractivity contribution in [2.75, 3.05) is 0 Å². The topological polar surface area (TPSA) is 52.0 Å². The summed E-state index contributed by atoms with van der Waals surface area (Å²) in [7, 11) is 0. The summed E-state index contributed by atoms with van der Waals surface area (Å²) in [6, 6.07) is 3.54. The highest BCUT2D eigenvalue weighted by molar-refractivity contribution is 6.37. The third-order valence-electron chi connectivity index (χ3n) is 3.09. The Morgan fingerprint density at radius 3 is 2.88 bits per heavy atom. The number of hydrogen-bond acceptors (Lipinski definition) is 3. The molecule has 1 aromatic carbocycles. The van der Waals surface area contributed by atoms with Crippen LogP contribution in [-0.2, 0) is 6.42 Å². The highest BCUT2D eigenvalue weighted by atomic mass is 35.5. The van der Waals surface area contributed by atoms with E-state index in [0.717, 1.165) is 0 Å². The van der Waals surface area contributed by atoms with Crippen LogP contribution in [0.25, 0.3) is 11.1 Å². The minimum Gasteiger partial charge on any atom is -0.439 e. The molecule has 0 amide bonds. The molecule has 2 aromatic rings. The lowest BCUT2D eigenvalue weighted by atomic mass is 10.1. The minimum atomic E-state index is 0.136. The summed E-state index contributed by atoms with van der Waals surface area (Å²) in [5.74, 6) is 1.27. The zero-order valence-corrected chi connectivity index (χ0v) is 10.6. The van der Waals surface area contributed by atoms with Crippen LogP contribution in [0.2, 0.25) is 10.0 Å². The predicted octanol–water partition coefficient (Wildman–Crippen LogP) is 3.41. The van der Waals surface area contributed by atoms with Gasteiger partial charge in [-0.15, -0.1) is 0 Å². The minimum absolute atomic E-state index is 0.136. The fraction of sp³-hybridized carbons (Fsp3) is 0.417. The van der Waals surface area contributed by atoms with Crippen LogP contribution >= 0.6 is 23.2 Å². The van der Waals surface area contributed by atoms with Gasteiger partial charge in [0.2, 0.25) is 0 Å². The first-order valence-electron chi connectivity index (χ1n) is 5.63. The van der Waals surface area contributed by atoms with Crippen LogP contribution in [0.1, 0.15) is 18.7 Å². The molecule has 5 heteroatoms. The van der Waals surface area contributed by atoms with Crippen LogP contribution in [0.5, 0.6) is 0 Å². The third-order valence-corrected chi connectivity index (χ3v) is 3.59. The number of hydrogen-bond donors (Lipinski definition) is 1. The van der Waals surface area contributed by atoms with Crippen LogP contribution in [0, 0.1) is 5.92 Å². The molecule has 1 aliphatic rings. The number of rotatable bonds is 3. The van der Waals surface area contributed by atoms with E-state index in [1.807, 2.05) is 0 Å². The molecule has 0 radical (unpaired) electrons. The smallest absolute Gasteiger partial charge is 0.197 e. The SMILES string of the molecule is NC(Cc1nc2cc(Cl)cc(Cl)c2o1)C1CC1. The molecule has 1 heterocycles. The molecule has 0 saturated heterocycles. The second kappa shape index (κ2) is 4.16. The first-order chi connectivity index (χ1) is 8.13. The van der Waals surface area contributed by atoms with Crippen molar-refractivity contribution in [3.63, 3.8) is 0 Å². The summed E-state index contributed by atoms with van der Waals surface area (Å²) < 4.78 is 5.62. The number of benzene rings is 1. The van der Waals surface area contributed by atoms with Gasteiger partial charge in [-0.2, -0.15) is 0 Å². The summed E-state index contributed by atoms with van der Waals surface area (Å²) in [6.07, 6.45) is 3.09. The summed E-state index contributed by atoms with van der Waals surface area (Å²) in [5, 5.41) is 1.06. The fourth-order valence-corrected chi connectivity index (χ4v) is 2.51. The predicted molar refractivity (Wildman–Crippen MR) is 68.4 cm³/mol. The van der Waals surface area contributed by atoms with E-state index in [0.29, 0.717) is 39.4 Å². The number of oxazole rings is 1. The molecule has 1 atom stereocenters. The van der Waals surface area contributed by atoms with Crippen molar-refractivity contribution in [3.8, 4) is 0 Å². The van der Waals surface area contributed by atoms with Crippen LogP contribution in [-0.4, -0.2) is 11.0 Å². The standard InChI is InChI=1S/C12H12Cl2N2O/c13-7-3-8(14)12-10(4-7)16-11(17-12)5-9(15)6-1-2-6/h3-4,6,9H,1-2,5,15H2. The second-order valence-corrected chi connectivity index (χ2v) is 5.39. The van der Waals surface area contributed by atoms with E-state index >= 15 is 0 Å². The van der Waals surface area contributed by atoms with E-state index in [2.05, 4.69) is 4.98 Å². The van der Waals surface area contributed by atoms with Gasteiger partial charge in [0.25, 0.3) is 0 Å². The molecule has 17 heavy (non-hydrogen) atoms. The first kappa shape index (κ1) is 11.3. The maximum absolute atomic E-state index is 6.04. The fourth-order valence-electron chi connectivity index (χ4n) is 1.99. The molecule has 0 aliphatic heterocycles. The normalized spacial score (nSPS) is 17.6. The molecule has 1 aliphatic carbocycles. The molecular formula is C12H12Cl2N2O. The summed E-state index contributed by atoms with van der Waals surface area (Å²) in [4.78, 5) is 4.37. The number of aromatic nitrogens is 1. The zero-order valence-electron chi connectivity index (χ0n) is 9.12. The molecule has 0 bridgehead atoms. The van der Waals surface area contributed by atoms with Gasteiger partial charge in [0.05, 0.1) is 5.02 Å². The van der Waals surface area contributed by atoms with Gasteiger partial charge in [-0.05, 0) is 30.9 Å². The summed E-state index contributed by atoms with van der Waals surface area (Å²) >= 11 is 11.9. The molecule has 3 rings (SSSR count). The lowest BCUT2D eigenvalue weighted by molar-refractivity contribution is 0.475. The van der Waals surface area contributed by atoms with Gasteiger partial charge in [-0.3, -0.25) is 0 Å². The molecule has 1 saturated carbocycles. The van der Waals surface area contributed by atoms with Gasteiger partial charge in [-0.1, -0.05) is 23.2 Å². The monoisotopic (exact) mass is 270 g/mol.